The molecule has 0 nitrogen and oxygen atoms in total. The first-order chi connectivity index (χ1) is 6.29. The van der Waals surface area contributed by atoms with Crippen LogP contribution in [0.5, 0.6) is 0 Å². The van der Waals surface area contributed by atoms with E-state index < -0.39 is 0 Å². The number of hydrogen-bond donors (Lipinski definition) is 0. The van der Waals surface area contributed by atoms with Crippen molar-refractivity contribution < 1.29 is 0 Å². The molecule has 0 saturated carbocycles. The van der Waals surface area contributed by atoms with Gasteiger partial charge >= 0.3 is 0 Å². The minimum absolute atomic E-state index is 1.14. The van der Waals surface area contributed by atoms with Gasteiger partial charge in [-0.1, -0.05) is 45.4 Å². The maximum Gasteiger partial charge on any atom is 0.0101 e. The average molecular weight is 196 g/mol. The van der Waals surface area contributed by atoms with Gasteiger partial charge in [-0.05, 0) is 24.3 Å². The van der Waals surface area contributed by atoms with Gasteiger partial charge in [0.1, 0.15) is 0 Å². The van der Waals surface area contributed by atoms with Crippen LogP contribution in [-0.4, -0.2) is 6.26 Å². The van der Waals surface area contributed by atoms with Gasteiger partial charge in [0.05, 0.1) is 0 Å². The maximum absolute atomic E-state index is 2.19. The molecule has 0 atom stereocenters. The second-order valence-electron chi connectivity index (χ2n) is 2.87. The van der Waals surface area contributed by atoms with E-state index in [2.05, 4.69) is 51.3 Å². The molecule has 0 bridgehead atoms. The van der Waals surface area contributed by atoms with Crippen molar-refractivity contribution in [3.05, 3.63) is 29.8 Å². The van der Waals surface area contributed by atoms with Crippen molar-refractivity contribution >= 4 is 11.8 Å². The van der Waals surface area contributed by atoms with Gasteiger partial charge in [0.15, 0.2) is 0 Å². The molecule has 0 N–H and O–H groups in total. The van der Waals surface area contributed by atoms with E-state index in [9.17, 15) is 0 Å². The van der Waals surface area contributed by atoms with E-state index >= 15 is 0 Å². The Hall–Kier alpha value is -0.430. The summed E-state index contributed by atoms with van der Waals surface area (Å²) in [5, 5.41) is 0. The standard InChI is InChI=1S/C9H12S.C3H8/c1-3-8-6-4-5-7-9(8)10-2;1-3-2/h4-7H,3H2,1-2H3;3H2,1-2H3. The third kappa shape index (κ3) is 4.99. The van der Waals surface area contributed by atoms with Crippen LogP contribution in [0.2, 0.25) is 0 Å². The summed E-state index contributed by atoms with van der Waals surface area (Å²) in [4.78, 5) is 1.41. The van der Waals surface area contributed by atoms with E-state index in [-0.39, 0.29) is 0 Å². The zero-order chi connectivity index (χ0) is 10.1. The summed E-state index contributed by atoms with van der Waals surface area (Å²) in [6.07, 6.45) is 4.51. The van der Waals surface area contributed by atoms with Crippen molar-refractivity contribution in [1.82, 2.24) is 0 Å². The molecule has 0 amide bonds. The molecule has 0 unspecified atom stereocenters. The molecule has 1 heteroatoms. The van der Waals surface area contributed by atoms with Crippen molar-refractivity contribution in [2.75, 3.05) is 6.26 Å². The van der Waals surface area contributed by atoms with Crippen LogP contribution in [0.15, 0.2) is 29.2 Å². The molecule has 0 aliphatic rings. The second-order valence-corrected chi connectivity index (χ2v) is 3.72. The zero-order valence-corrected chi connectivity index (χ0v) is 9.95. The van der Waals surface area contributed by atoms with Crippen LogP contribution >= 0.6 is 11.8 Å². The topological polar surface area (TPSA) is 0 Å². The Labute approximate surface area is 86.7 Å². The monoisotopic (exact) mass is 196 g/mol. The number of benzene rings is 1. The Bertz CT molecular complexity index is 195. The van der Waals surface area contributed by atoms with Gasteiger partial charge < -0.3 is 0 Å². The van der Waals surface area contributed by atoms with E-state index in [1.165, 1.54) is 16.9 Å². The van der Waals surface area contributed by atoms with E-state index in [1.54, 1.807) is 0 Å². The van der Waals surface area contributed by atoms with Crippen LogP contribution in [0, 0.1) is 0 Å². The predicted octanol–water partition coefficient (Wildman–Crippen LogP) is 4.39. The van der Waals surface area contributed by atoms with Crippen LogP contribution in [0.4, 0.5) is 0 Å². The summed E-state index contributed by atoms with van der Waals surface area (Å²) < 4.78 is 0. The van der Waals surface area contributed by atoms with E-state index in [0.29, 0.717) is 0 Å². The summed E-state index contributed by atoms with van der Waals surface area (Å²) in [6, 6.07) is 8.54. The Morgan fingerprint density at radius 1 is 1.08 bits per heavy atom. The van der Waals surface area contributed by atoms with Crippen molar-refractivity contribution in [2.24, 2.45) is 0 Å². The summed E-state index contributed by atoms with van der Waals surface area (Å²) in [6.45, 7) is 6.44. The third-order valence-corrected chi connectivity index (χ3v) is 2.41. The summed E-state index contributed by atoms with van der Waals surface area (Å²) >= 11 is 1.82. The third-order valence-electron chi connectivity index (χ3n) is 1.57. The highest BCUT2D eigenvalue weighted by molar-refractivity contribution is 7.98. The molecule has 0 fully saturated rings. The van der Waals surface area contributed by atoms with Crippen LogP contribution in [0.1, 0.15) is 32.8 Å². The molecule has 0 aliphatic carbocycles. The smallest absolute Gasteiger partial charge is 0.0101 e. The molecule has 1 rings (SSSR count). The predicted molar refractivity (Wildman–Crippen MR) is 63.6 cm³/mol. The van der Waals surface area contributed by atoms with Gasteiger partial charge in [-0.2, -0.15) is 0 Å². The summed E-state index contributed by atoms with van der Waals surface area (Å²) in [5.41, 5.74) is 1.45. The normalized spacial score (nSPS) is 8.92. The van der Waals surface area contributed by atoms with Crippen LogP contribution in [-0.2, 0) is 6.42 Å². The van der Waals surface area contributed by atoms with Gasteiger partial charge in [-0.15, -0.1) is 11.8 Å². The van der Waals surface area contributed by atoms with Gasteiger partial charge in [-0.25, -0.2) is 0 Å². The highest BCUT2D eigenvalue weighted by atomic mass is 32.2. The average Bonchev–Trinajstić information content (AvgIpc) is 2.19. The van der Waals surface area contributed by atoms with Crippen molar-refractivity contribution in [3.63, 3.8) is 0 Å². The van der Waals surface area contributed by atoms with Gasteiger partial charge in [-0.3, -0.25) is 0 Å². The lowest BCUT2D eigenvalue weighted by Gasteiger charge is -2.01. The maximum atomic E-state index is 2.19. The molecular formula is C12H20S. The zero-order valence-electron chi connectivity index (χ0n) is 9.13. The fourth-order valence-electron chi connectivity index (χ4n) is 0.995. The molecule has 0 heterocycles. The largest absolute Gasteiger partial charge is 0.129 e. The van der Waals surface area contributed by atoms with E-state index in [4.69, 9.17) is 0 Å². The van der Waals surface area contributed by atoms with Crippen molar-refractivity contribution in [2.45, 2.75) is 38.5 Å². The first kappa shape index (κ1) is 12.6. The Morgan fingerprint density at radius 2 is 1.62 bits per heavy atom. The number of rotatable bonds is 2. The second kappa shape index (κ2) is 8.18. The van der Waals surface area contributed by atoms with Crippen LogP contribution in [0.3, 0.4) is 0 Å². The fourth-order valence-corrected chi connectivity index (χ4v) is 1.68. The molecule has 0 aromatic heterocycles. The fraction of sp³-hybridized carbons (Fsp3) is 0.500. The first-order valence-electron chi connectivity index (χ1n) is 4.91. The Kier molecular flexibility index (Phi) is 7.91. The Morgan fingerprint density at radius 3 is 2.00 bits per heavy atom. The summed E-state index contributed by atoms with van der Waals surface area (Å²) in [7, 11) is 0. The first-order valence-corrected chi connectivity index (χ1v) is 6.14. The van der Waals surface area contributed by atoms with Crippen molar-refractivity contribution in [1.29, 1.82) is 0 Å². The van der Waals surface area contributed by atoms with Gasteiger partial charge in [0, 0.05) is 4.90 Å². The number of aryl methyl sites for hydroxylation is 1. The minimum Gasteiger partial charge on any atom is -0.129 e. The number of hydrogen-bond acceptors (Lipinski definition) is 1. The molecule has 0 radical (unpaired) electrons. The quantitative estimate of drug-likeness (QED) is 0.632. The molecule has 0 aliphatic heterocycles. The van der Waals surface area contributed by atoms with Gasteiger partial charge in [0.2, 0.25) is 0 Å². The summed E-state index contributed by atoms with van der Waals surface area (Å²) in [5.74, 6) is 0. The molecule has 1 aromatic carbocycles. The number of thioether (sulfide) groups is 1. The molecule has 13 heavy (non-hydrogen) atoms. The van der Waals surface area contributed by atoms with E-state index in [1.807, 2.05) is 11.8 Å². The SMILES string of the molecule is CCC.CCc1ccccc1SC. The highest BCUT2D eigenvalue weighted by Crippen LogP contribution is 2.19. The van der Waals surface area contributed by atoms with Crippen LogP contribution < -0.4 is 0 Å². The van der Waals surface area contributed by atoms with Gasteiger partial charge in [0.25, 0.3) is 0 Å². The Balaban J connectivity index is 0.000000424. The molecule has 0 spiro atoms. The van der Waals surface area contributed by atoms with E-state index in [0.717, 1.165) is 6.42 Å². The van der Waals surface area contributed by atoms with Crippen molar-refractivity contribution in [3.8, 4) is 0 Å². The molecule has 1 aromatic rings. The molecule has 74 valence electrons. The lowest BCUT2D eigenvalue weighted by atomic mass is 10.2. The molecule has 0 saturated heterocycles. The van der Waals surface area contributed by atoms with Crippen LogP contribution in [0.25, 0.3) is 0 Å². The molecular weight excluding hydrogens is 176 g/mol. The lowest BCUT2D eigenvalue weighted by molar-refractivity contribution is 1.08. The lowest BCUT2D eigenvalue weighted by Crippen LogP contribution is -1.81. The highest BCUT2D eigenvalue weighted by Gasteiger charge is 1.94. The minimum atomic E-state index is 1.14.